The van der Waals surface area contributed by atoms with Gasteiger partial charge in [0.05, 0.1) is 0 Å². The van der Waals surface area contributed by atoms with E-state index in [1.54, 1.807) is 6.07 Å². The van der Waals surface area contributed by atoms with Crippen LogP contribution < -0.4 is 3.58 Å². The van der Waals surface area contributed by atoms with Crippen molar-refractivity contribution in [3.63, 3.8) is 0 Å². The Labute approximate surface area is 146 Å². The van der Waals surface area contributed by atoms with Crippen LogP contribution in [-0.2, 0) is 10.2 Å². The van der Waals surface area contributed by atoms with E-state index in [-0.39, 0.29) is 4.90 Å². The van der Waals surface area contributed by atoms with Gasteiger partial charge in [-0.15, -0.1) is 0 Å². The number of unbranched alkanes of at least 4 members (excludes halogenated alkanes) is 3. The molecule has 0 heterocycles. The van der Waals surface area contributed by atoms with Crippen molar-refractivity contribution >= 4 is 32.2 Å². The third-order valence-corrected chi connectivity index (χ3v) is 21.9. The van der Waals surface area contributed by atoms with Gasteiger partial charge in [-0.2, -0.15) is 0 Å². The summed E-state index contributed by atoms with van der Waals surface area (Å²) in [4.78, 5) is -0.0286. The summed E-state index contributed by atoms with van der Waals surface area (Å²) in [6.07, 6.45) is 6.73. The molecular weight excluding hydrogens is 418 g/mol. The van der Waals surface area contributed by atoms with Gasteiger partial charge in [0, 0.05) is 0 Å². The Balaban J connectivity index is 3.41. The van der Waals surface area contributed by atoms with E-state index in [1.165, 1.54) is 6.07 Å². The van der Waals surface area contributed by atoms with Crippen molar-refractivity contribution in [2.75, 3.05) is 0 Å². The van der Waals surface area contributed by atoms with Gasteiger partial charge in [0.15, 0.2) is 0 Å². The fourth-order valence-corrected chi connectivity index (χ4v) is 22.8. The van der Waals surface area contributed by atoms with Gasteiger partial charge in [-0.05, 0) is 0 Å². The van der Waals surface area contributed by atoms with Gasteiger partial charge >= 0.3 is 146 Å². The first-order valence-electron chi connectivity index (χ1n) is 8.95. The topological polar surface area (TPSA) is 34.1 Å². The van der Waals surface area contributed by atoms with Crippen LogP contribution in [0.5, 0.6) is 0 Å². The molecule has 0 aromatic heterocycles. The second kappa shape index (κ2) is 10.0. The first kappa shape index (κ1) is 20.9. The number of hydrogen-bond acceptors (Lipinski definition) is 2. The quantitative estimate of drug-likeness (QED) is 0.335. The standard InChI is InChI=1S/C6H4FO2S.3C4H9.Sn/c7-10(8,9)6-4-2-1-3-5-6;3*1-3-4-2;/h1-4H;3*1,3-4H2,2H3;. The van der Waals surface area contributed by atoms with Gasteiger partial charge in [0.1, 0.15) is 0 Å². The van der Waals surface area contributed by atoms with Crippen LogP contribution in [0.15, 0.2) is 29.2 Å². The van der Waals surface area contributed by atoms with Crippen LogP contribution in [-0.4, -0.2) is 26.8 Å². The summed E-state index contributed by atoms with van der Waals surface area (Å²) in [5.74, 6) is 0. The Morgan fingerprint density at radius 3 is 1.70 bits per heavy atom. The minimum absolute atomic E-state index is 0.0286. The van der Waals surface area contributed by atoms with E-state index in [4.69, 9.17) is 0 Å². The molecule has 0 aliphatic carbocycles. The van der Waals surface area contributed by atoms with Crippen molar-refractivity contribution in [2.45, 2.75) is 77.5 Å². The number of benzene rings is 1. The SMILES string of the molecule is CCC[CH2][Sn]([CH2]CCC)([CH2]CCC)[c]1ccccc1S(=O)(=O)F. The van der Waals surface area contributed by atoms with E-state index in [0.29, 0.717) is 0 Å². The van der Waals surface area contributed by atoms with Crippen LogP contribution in [0.2, 0.25) is 13.3 Å². The summed E-state index contributed by atoms with van der Waals surface area (Å²) in [7, 11) is -4.64. The van der Waals surface area contributed by atoms with Crippen LogP contribution >= 0.6 is 0 Å². The van der Waals surface area contributed by atoms with Crippen LogP contribution in [0.3, 0.4) is 0 Å². The summed E-state index contributed by atoms with van der Waals surface area (Å²) >= 11 is -2.92. The summed E-state index contributed by atoms with van der Waals surface area (Å²) in [5, 5.41) is 0. The van der Waals surface area contributed by atoms with Gasteiger partial charge in [-0.3, -0.25) is 0 Å². The molecule has 0 atom stereocenters. The summed E-state index contributed by atoms with van der Waals surface area (Å²) in [5.41, 5.74) is 0. The van der Waals surface area contributed by atoms with E-state index in [9.17, 15) is 12.3 Å². The molecule has 1 aromatic carbocycles. The Hall–Kier alpha value is -0.101. The normalized spacial score (nSPS) is 12.5. The van der Waals surface area contributed by atoms with E-state index < -0.39 is 28.6 Å². The monoisotopic (exact) mass is 450 g/mol. The van der Waals surface area contributed by atoms with Gasteiger partial charge in [0.2, 0.25) is 0 Å². The molecule has 23 heavy (non-hydrogen) atoms. The second-order valence-corrected chi connectivity index (χ2v) is 21.0. The fourth-order valence-electron chi connectivity index (χ4n) is 3.44. The molecule has 0 unspecified atom stereocenters. The molecule has 0 spiro atoms. The third kappa shape index (κ3) is 6.04. The Morgan fingerprint density at radius 1 is 0.870 bits per heavy atom. The van der Waals surface area contributed by atoms with Gasteiger partial charge in [-0.25, -0.2) is 0 Å². The van der Waals surface area contributed by atoms with E-state index in [0.717, 1.165) is 55.4 Å². The predicted octanol–water partition coefficient (Wildman–Crippen LogP) is 5.40. The summed E-state index contributed by atoms with van der Waals surface area (Å²) in [6, 6.07) is 6.93. The number of halogens is 1. The zero-order chi connectivity index (χ0) is 17.3. The van der Waals surface area contributed by atoms with Crippen LogP contribution in [0.1, 0.15) is 59.3 Å². The molecule has 0 aliphatic rings. The average molecular weight is 449 g/mol. The average Bonchev–Trinajstić information content (AvgIpc) is 2.54. The summed E-state index contributed by atoms with van der Waals surface area (Å²) in [6.45, 7) is 6.52. The molecule has 0 N–H and O–H groups in total. The minimum atomic E-state index is -4.64. The molecule has 0 fully saturated rings. The van der Waals surface area contributed by atoms with Crippen molar-refractivity contribution in [1.29, 1.82) is 0 Å². The predicted molar refractivity (Wildman–Crippen MR) is 99.3 cm³/mol. The molecule has 0 saturated heterocycles. The molecule has 0 radical (unpaired) electrons. The first-order valence-corrected chi connectivity index (χ1v) is 17.8. The van der Waals surface area contributed by atoms with E-state index in [2.05, 4.69) is 20.8 Å². The molecule has 1 rings (SSSR count). The Kier molecular flexibility index (Phi) is 9.12. The van der Waals surface area contributed by atoms with Crippen molar-refractivity contribution < 1.29 is 12.3 Å². The van der Waals surface area contributed by atoms with Crippen molar-refractivity contribution in [3.8, 4) is 0 Å². The maximum atomic E-state index is 13.9. The van der Waals surface area contributed by atoms with Crippen LogP contribution in [0.25, 0.3) is 0 Å². The van der Waals surface area contributed by atoms with Crippen molar-refractivity contribution in [2.24, 2.45) is 0 Å². The van der Waals surface area contributed by atoms with E-state index >= 15 is 0 Å². The molecule has 5 heteroatoms. The van der Waals surface area contributed by atoms with Crippen LogP contribution in [0.4, 0.5) is 3.89 Å². The zero-order valence-electron chi connectivity index (χ0n) is 14.8. The number of rotatable bonds is 11. The molecule has 0 aliphatic heterocycles. The van der Waals surface area contributed by atoms with Crippen molar-refractivity contribution in [1.82, 2.24) is 0 Å². The molecular formula is C18H31FO2SSn. The molecule has 0 bridgehead atoms. The van der Waals surface area contributed by atoms with E-state index in [1.807, 2.05) is 12.1 Å². The number of hydrogen-bond donors (Lipinski definition) is 0. The van der Waals surface area contributed by atoms with Crippen molar-refractivity contribution in [3.05, 3.63) is 24.3 Å². The van der Waals surface area contributed by atoms with Gasteiger partial charge < -0.3 is 0 Å². The molecule has 0 amide bonds. The molecule has 1 aromatic rings. The third-order valence-electron chi connectivity index (χ3n) is 4.75. The molecule has 132 valence electrons. The van der Waals surface area contributed by atoms with Gasteiger partial charge in [0.25, 0.3) is 0 Å². The molecule has 2 nitrogen and oxygen atoms in total. The Bertz CT molecular complexity index is 550. The second-order valence-electron chi connectivity index (χ2n) is 6.52. The van der Waals surface area contributed by atoms with Crippen LogP contribution in [0, 0.1) is 0 Å². The van der Waals surface area contributed by atoms with Gasteiger partial charge in [-0.1, -0.05) is 0 Å². The Morgan fingerprint density at radius 2 is 1.30 bits per heavy atom. The zero-order valence-corrected chi connectivity index (χ0v) is 18.4. The first-order chi connectivity index (χ1) is 10.9. The summed E-state index contributed by atoms with van der Waals surface area (Å²) < 4.78 is 41.6. The fraction of sp³-hybridized carbons (Fsp3) is 0.667. The molecule has 0 saturated carbocycles. The maximum absolute atomic E-state index is 13.9.